The van der Waals surface area contributed by atoms with E-state index in [-0.39, 0.29) is 16.6 Å². The van der Waals surface area contributed by atoms with Crippen LogP contribution in [0.25, 0.3) is 0 Å². The fraction of sp³-hybridized carbons (Fsp3) is 1.00. The molecular formula is C27H44O5. The average molecular weight is 449 g/mol. The number of fused-ring (bicyclic) bond motifs is 6. The molecule has 0 radical (unpaired) electrons. The molecule has 182 valence electrons. The number of hydrogen-bond donors (Lipinski definition) is 1. The average Bonchev–Trinajstić information content (AvgIpc) is 3.50. The van der Waals surface area contributed by atoms with Crippen LogP contribution in [0.1, 0.15) is 91.4 Å². The Hall–Kier alpha value is -0.200. The Balaban J connectivity index is 1.36. The van der Waals surface area contributed by atoms with Gasteiger partial charge in [0.2, 0.25) is 0 Å². The number of ether oxygens (including phenoxy) is 4. The van der Waals surface area contributed by atoms with Crippen molar-refractivity contribution in [2.75, 3.05) is 26.4 Å². The third-order valence-corrected chi connectivity index (χ3v) is 11.6. The van der Waals surface area contributed by atoms with Crippen LogP contribution in [0.15, 0.2) is 0 Å². The fourth-order valence-corrected chi connectivity index (χ4v) is 9.85. The van der Waals surface area contributed by atoms with Crippen molar-refractivity contribution in [3.63, 3.8) is 0 Å². The zero-order valence-electron chi connectivity index (χ0n) is 20.5. The summed E-state index contributed by atoms with van der Waals surface area (Å²) in [5.74, 6) is 1.30. The van der Waals surface area contributed by atoms with E-state index in [1.165, 1.54) is 25.7 Å². The number of rotatable bonds is 3. The maximum atomic E-state index is 12.6. The molecular weight excluding hydrogens is 404 g/mol. The van der Waals surface area contributed by atoms with Gasteiger partial charge in [0.05, 0.1) is 32.0 Å². The standard InChI is InChI=1S/C27H44O5/c1-4-5-6-19-17-20-21(7-9-24(3)22(20)8-10-27(24)31-15-16-32-27)23(2)11-12-25(18-26(19,23)28)29-13-14-30-25/h19-22,28H,4-18H2,1-3H3/t19-,20-,21+,22+,23-,24+,26+/m1/s1. The first-order valence-electron chi connectivity index (χ1n) is 13.6. The lowest BCUT2D eigenvalue weighted by Gasteiger charge is -2.67. The molecule has 32 heavy (non-hydrogen) atoms. The summed E-state index contributed by atoms with van der Waals surface area (Å²) >= 11 is 0. The van der Waals surface area contributed by atoms with Crippen molar-refractivity contribution >= 4 is 0 Å². The fourth-order valence-electron chi connectivity index (χ4n) is 9.85. The molecule has 6 rings (SSSR count). The van der Waals surface area contributed by atoms with Gasteiger partial charge < -0.3 is 24.1 Å². The zero-order chi connectivity index (χ0) is 22.2. The van der Waals surface area contributed by atoms with Crippen LogP contribution >= 0.6 is 0 Å². The zero-order valence-corrected chi connectivity index (χ0v) is 20.5. The molecule has 0 unspecified atom stereocenters. The summed E-state index contributed by atoms with van der Waals surface area (Å²) in [7, 11) is 0. The molecule has 2 heterocycles. The second kappa shape index (κ2) is 7.40. The Morgan fingerprint density at radius 2 is 1.47 bits per heavy atom. The molecule has 7 atom stereocenters. The van der Waals surface area contributed by atoms with Gasteiger partial charge in [0.15, 0.2) is 11.6 Å². The van der Waals surface area contributed by atoms with Gasteiger partial charge in [-0.15, -0.1) is 0 Å². The van der Waals surface area contributed by atoms with Gasteiger partial charge in [-0.2, -0.15) is 0 Å². The second-order valence-corrected chi connectivity index (χ2v) is 12.5. The molecule has 0 bridgehead atoms. The minimum absolute atomic E-state index is 0.0661. The summed E-state index contributed by atoms with van der Waals surface area (Å²) in [4.78, 5) is 0. The van der Waals surface area contributed by atoms with E-state index in [2.05, 4.69) is 20.8 Å². The smallest absolute Gasteiger partial charge is 0.174 e. The predicted molar refractivity (Wildman–Crippen MR) is 121 cm³/mol. The third-order valence-electron chi connectivity index (χ3n) is 11.6. The van der Waals surface area contributed by atoms with E-state index in [9.17, 15) is 5.11 Å². The Morgan fingerprint density at radius 1 is 0.812 bits per heavy atom. The van der Waals surface area contributed by atoms with Gasteiger partial charge in [-0.25, -0.2) is 0 Å². The van der Waals surface area contributed by atoms with E-state index in [4.69, 9.17) is 18.9 Å². The first-order chi connectivity index (χ1) is 15.3. The van der Waals surface area contributed by atoms with Gasteiger partial charge in [-0.3, -0.25) is 0 Å². The highest BCUT2D eigenvalue weighted by Crippen LogP contribution is 2.72. The van der Waals surface area contributed by atoms with Crippen LogP contribution in [0.2, 0.25) is 0 Å². The van der Waals surface area contributed by atoms with Crippen molar-refractivity contribution in [2.24, 2.45) is 34.5 Å². The quantitative estimate of drug-likeness (QED) is 0.655. The van der Waals surface area contributed by atoms with Crippen LogP contribution < -0.4 is 0 Å². The molecule has 2 aliphatic heterocycles. The minimum Gasteiger partial charge on any atom is -0.389 e. The summed E-state index contributed by atoms with van der Waals surface area (Å²) in [5.41, 5.74) is -0.654. The Labute approximate surface area is 193 Å². The lowest BCUT2D eigenvalue weighted by Crippen LogP contribution is -2.69. The van der Waals surface area contributed by atoms with Crippen LogP contribution in [-0.4, -0.2) is 48.7 Å². The molecule has 1 N–H and O–H groups in total. The van der Waals surface area contributed by atoms with Crippen molar-refractivity contribution in [2.45, 2.75) is 109 Å². The SMILES string of the molecule is CCCC[C@@H]1C[C@H]2[C@@H]3CCC4(OCCO4)[C@@]3(C)CC[C@@H]2[C@@]2(C)CCC3(C[C@]12O)OCCO3. The van der Waals surface area contributed by atoms with E-state index < -0.39 is 11.4 Å². The maximum Gasteiger partial charge on any atom is 0.174 e. The normalized spacial score (nSPS) is 51.0. The van der Waals surface area contributed by atoms with Gasteiger partial charge in [0.25, 0.3) is 0 Å². The van der Waals surface area contributed by atoms with Gasteiger partial charge in [-0.1, -0.05) is 33.6 Å². The van der Waals surface area contributed by atoms with Crippen molar-refractivity contribution < 1.29 is 24.1 Å². The summed E-state index contributed by atoms with van der Waals surface area (Å²) in [6.07, 6.45) is 11.8. The minimum atomic E-state index is -0.698. The summed E-state index contributed by atoms with van der Waals surface area (Å²) < 4.78 is 25.0. The van der Waals surface area contributed by atoms with Gasteiger partial charge in [-0.05, 0) is 62.2 Å². The van der Waals surface area contributed by atoms with Crippen LogP contribution in [0.3, 0.4) is 0 Å². The first-order valence-corrected chi connectivity index (χ1v) is 13.6. The van der Waals surface area contributed by atoms with Gasteiger partial charge in [0.1, 0.15) is 0 Å². The molecule has 0 amide bonds. The molecule has 0 aromatic heterocycles. The van der Waals surface area contributed by atoms with E-state index >= 15 is 0 Å². The predicted octanol–water partition coefficient (Wildman–Crippen LogP) is 5.05. The monoisotopic (exact) mass is 448 g/mol. The lowest BCUT2D eigenvalue weighted by atomic mass is 9.40. The molecule has 4 aliphatic carbocycles. The largest absolute Gasteiger partial charge is 0.389 e. The van der Waals surface area contributed by atoms with Crippen LogP contribution in [0.5, 0.6) is 0 Å². The highest BCUT2D eigenvalue weighted by molar-refractivity contribution is 5.19. The molecule has 0 aromatic carbocycles. The van der Waals surface area contributed by atoms with Crippen LogP contribution in [-0.2, 0) is 18.9 Å². The molecule has 6 aliphatic rings. The topological polar surface area (TPSA) is 57.2 Å². The van der Waals surface area contributed by atoms with Gasteiger partial charge in [0, 0.05) is 30.1 Å². The Morgan fingerprint density at radius 3 is 2.19 bits per heavy atom. The third kappa shape index (κ3) is 2.75. The molecule has 5 nitrogen and oxygen atoms in total. The van der Waals surface area contributed by atoms with Crippen molar-refractivity contribution in [1.29, 1.82) is 0 Å². The summed E-state index contributed by atoms with van der Waals surface area (Å²) in [6, 6.07) is 0. The molecule has 0 aromatic rings. The Bertz CT molecular complexity index is 728. The first kappa shape index (κ1) is 22.3. The number of aliphatic hydroxyl groups is 1. The second-order valence-electron chi connectivity index (χ2n) is 12.5. The summed E-state index contributed by atoms with van der Waals surface area (Å²) in [6.45, 7) is 9.99. The molecule has 6 fully saturated rings. The van der Waals surface area contributed by atoms with Crippen molar-refractivity contribution in [3.8, 4) is 0 Å². The number of unbranched alkanes of at least 4 members (excludes halogenated alkanes) is 1. The van der Waals surface area contributed by atoms with E-state index in [0.29, 0.717) is 43.3 Å². The molecule has 2 saturated heterocycles. The van der Waals surface area contributed by atoms with E-state index in [0.717, 1.165) is 51.7 Å². The maximum absolute atomic E-state index is 12.6. The van der Waals surface area contributed by atoms with Crippen LogP contribution in [0, 0.1) is 34.5 Å². The highest BCUT2D eigenvalue weighted by Gasteiger charge is 2.72. The molecule has 4 saturated carbocycles. The highest BCUT2D eigenvalue weighted by atomic mass is 16.7. The van der Waals surface area contributed by atoms with Gasteiger partial charge >= 0.3 is 0 Å². The van der Waals surface area contributed by atoms with E-state index in [1.54, 1.807) is 0 Å². The van der Waals surface area contributed by atoms with Crippen LogP contribution in [0.4, 0.5) is 0 Å². The van der Waals surface area contributed by atoms with E-state index in [1.807, 2.05) is 0 Å². The lowest BCUT2D eigenvalue weighted by molar-refractivity contribution is -0.310. The molecule has 5 heteroatoms. The molecule has 2 spiro atoms. The van der Waals surface area contributed by atoms with Crippen molar-refractivity contribution in [1.82, 2.24) is 0 Å². The van der Waals surface area contributed by atoms with Crippen molar-refractivity contribution in [3.05, 3.63) is 0 Å². The summed E-state index contributed by atoms with van der Waals surface area (Å²) in [5, 5.41) is 12.6. The number of hydrogen-bond acceptors (Lipinski definition) is 5. The Kier molecular flexibility index (Phi) is 5.15.